The Bertz CT molecular complexity index is 265. The van der Waals surface area contributed by atoms with E-state index in [1.165, 1.54) is 32.1 Å². The quantitative estimate of drug-likeness (QED) is 0.787. The zero-order valence-corrected chi connectivity index (χ0v) is 12.1. The van der Waals surface area contributed by atoms with Gasteiger partial charge >= 0.3 is 0 Å². The maximum atomic E-state index is 9.59. The van der Waals surface area contributed by atoms with Gasteiger partial charge in [-0.15, -0.1) is 0 Å². The van der Waals surface area contributed by atoms with E-state index in [4.69, 9.17) is 5.73 Å². The molecule has 2 fully saturated rings. The summed E-state index contributed by atoms with van der Waals surface area (Å²) in [4.78, 5) is 2.50. The van der Waals surface area contributed by atoms with E-state index in [9.17, 15) is 5.11 Å². The molecular formula is C15H30N2O. The van der Waals surface area contributed by atoms with Gasteiger partial charge in [-0.2, -0.15) is 0 Å². The Labute approximate surface area is 112 Å². The molecule has 1 aliphatic heterocycles. The van der Waals surface area contributed by atoms with Crippen molar-refractivity contribution in [2.24, 2.45) is 23.5 Å². The van der Waals surface area contributed by atoms with Gasteiger partial charge in [-0.25, -0.2) is 0 Å². The van der Waals surface area contributed by atoms with E-state index >= 15 is 0 Å². The molecule has 18 heavy (non-hydrogen) atoms. The Balaban J connectivity index is 1.86. The average molecular weight is 254 g/mol. The van der Waals surface area contributed by atoms with Gasteiger partial charge in [0, 0.05) is 6.54 Å². The van der Waals surface area contributed by atoms with E-state index in [0.717, 1.165) is 31.5 Å². The summed E-state index contributed by atoms with van der Waals surface area (Å²) in [6, 6.07) is 0. The van der Waals surface area contributed by atoms with Gasteiger partial charge < -0.3 is 15.7 Å². The smallest absolute Gasteiger partial charge is 0.0626 e. The number of aliphatic hydroxyl groups excluding tert-OH is 1. The molecule has 0 aromatic heterocycles. The number of hydrogen-bond acceptors (Lipinski definition) is 3. The fourth-order valence-electron chi connectivity index (χ4n) is 3.39. The highest BCUT2D eigenvalue weighted by Gasteiger charge is 2.42. The number of likely N-dealkylation sites (tertiary alicyclic amines) is 1. The second-order valence-corrected chi connectivity index (χ2v) is 6.88. The number of rotatable bonds is 5. The first kappa shape index (κ1) is 14.3. The standard InChI is InChI=1S/C15H30N2O/c1-12(2)13-4-3-8-17(9-7-13)10-15(16,11-18)14-5-6-14/h12-14,18H,3-11,16H2,1-2H3. The van der Waals surface area contributed by atoms with Gasteiger partial charge in [0.2, 0.25) is 0 Å². The summed E-state index contributed by atoms with van der Waals surface area (Å²) in [6.07, 6.45) is 6.35. The second-order valence-electron chi connectivity index (χ2n) is 6.88. The van der Waals surface area contributed by atoms with Gasteiger partial charge in [0.1, 0.15) is 0 Å². The third-order valence-corrected chi connectivity index (χ3v) is 5.01. The van der Waals surface area contributed by atoms with E-state index < -0.39 is 0 Å². The fourth-order valence-corrected chi connectivity index (χ4v) is 3.39. The molecule has 2 rings (SSSR count). The lowest BCUT2D eigenvalue weighted by atomic mass is 9.89. The molecule has 1 aliphatic carbocycles. The molecule has 0 radical (unpaired) electrons. The third-order valence-electron chi connectivity index (χ3n) is 5.01. The van der Waals surface area contributed by atoms with Crippen molar-refractivity contribution in [1.82, 2.24) is 4.90 Å². The summed E-state index contributed by atoms with van der Waals surface area (Å²) >= 11 is 0. The van der Waals surface area contributed by atoms with Crippen molar-refractivity contribution < 1.29 is 5.11 Å². The highest BCUT2D eigenvalue weighted by molar-refractivity contribution is 5.00. The highest BCUT2D eigenvalue weighted by atomic mass is 16.3. The first-order chi connectivity index (χ1) is 8.55. The Kier molecular flexibility index (Phi) is 4.68. The van der Waals surface area contributed by atoms with Crippen LogP contribution in [0.3, 0.4) is 0 Å². The normalized spacial score (nSPS) is 30.2. The number of nitrogens with zero attached hydrogens (tertiary/aromatic N) is 1. The van der Waals surface area contributed by atoms with Gasteiger partial charge in [-0.1, -0.05) is 13.8 Å². The number of hydrogen-bond donors (Lipinski definition) is 2. The molecule has 0 spiro atoms. The summed E-state index contributed by atoms with van der Waals surface area (Å²) in [7, 11) is 0. The molecule has 0 amide bonds. The van der Waals surface area contributed by atoms with Crippen molar-refractivity contribution in [2.75, 3.05) is 26.2 Å². The molecule has 3 heteroatoms. The van der Waals surface area contributed by atoms with Crippen LogP contribution >= 0.6 is 0 Å². The van der Waals surface area contributed by atoms with Crippen LogP contribution in [-0.2, 0) is 0 Å². The maximum Gasteiger partial charge on any atom is 0.0626 e. The SMILES string of the molecule is CC(C)C1CCCN(CC(N)(CO)C2CC2)CC1. The molecule has 2 unspecified atom stereocenters. The molecule has 3 nitrogen and oxygen atoms in total. The van der Waals surface area contributed by atoms with Crippen LogP contribution in [0.25, 0.3) is 0 Å². The molecule has 2 aliphatic rings. The third kappa shape index (κ3) is 3.46. The van der Waals surface area contributed by atoms with E-state index in [0.29, 0.717) is 5.92 Å². The van der Waals surface area contributed by atoms with Gasteiger partial charge in [0.25, 0.3) is 0 Å². The van der Waals surface area contributed by atoms with Crippen LogP contribution < -0.4 is 5.73 Å². The lowest BCUT2D eigenvalue weighted by Crippen LogP contribution is -2.55. The van der Waals surface area contributed by atoms with E-state index in [1.807, 2.05) is 0 Å². The monoisotopic (exact) mass is 254 g/mol. The van der Waals surface area contributed by atoms with Crippen molar-refractivity contribution in [3.05, 3.63) is 0 Å². The van der Waals surface area contributed by atoms with Gasteiger partial charge in [0.15, 0.2) is 0 Å². The molecule has 1 saturated heterocycles. The fraction of sp³-hybridized carbons (Fsp3) is 1.00. The van der Waals surface area contributed by atoms with Crippen molar-refractivity contribution in [3.8, 4) is 0 Å². The summed E-state index contributed by atoms with van der Waals surface area (Å²) in [5, 5.41) is 9.59. The first-order valence-electron chi connectivity index (χ1n) is 7.67. The lowest BCUT2D eigenvalue weighted by molar-refractivity contribution is 0.121. The van der Waals surface area contributed by atoms with Gasteiger partial charge in [0.05, 0.1) is 12.1 Å². The molecule has 3 N–H and O–H groups in total. The zero-order chi connectivity index (χ0) is 13.2. The van der Waals surface area contributed by atoms with E-state index in [-0.39, 0.29) is 12.1 Å². The van der Waals surface area contributed by atoms with Crippen LogP contribution in [0, 0.1) is 17.8 Å². The summed E-state index contributed by atoms with van der Waals surface area (Å²) in [5.41, 5.74) is 6.05. The predicted molar refractivity (Wildman–Crippen MR) is 75.3 cm³/mol. The summed E-state index contributed by atoms with van der Waals surface area (Å²) < 4.78 is 0. The van der Waals surface area contributed by atoms with Crippen LogP contribution in [0.2, 0.25) is 0 Å². The van der Waals surface area contributed by atoms with Gasteiger partial charge in [-0.3, -0.25) is 0 Å². The van der Waals surface area contributed by atoms with Crippen molar-refractivity contribution in [3.63, 3.8) is 0 Å². The number of aliphatic hydroxyl groups is 1. The minimum Gasteiger partial charge on any atom is -0.394 e. The van der Waals surface area contributed by atoms with E-state index in [1.54, 1.807) is 0 Å². The average Bonchev–Trinajstić information content (AvgIpc) is 3.16. The molecule has 0 aromatic carbocycles. The van der Waals surface area contributed by atoms with Crippen molar-refractivity contribution in [1.29, 1.82) is 0 Å². The summed E-state index contributed by atoms with van der Waals surface area (Å²) in [5.74, 6) is 2.23. The molecule has 106 valence electrons. The van der Waals surface area contributed by atoms with Crippen molar-refractivity contribution >= 4 is 0 Å². The van der Waals surface area contributed by atoms with E-state index in [2.05, 4.69) is 18.7 Å². The highest BCUT2D eigenvalue weighted by Crippen LogP contribution is 2.39. The van der Waals surface area contributed by atoms with Gasteiger partial charge in [-0.05, 0) is 62.9 Å². The summed E-state index contributed by atoms with van der Waals surface area (Å²) in [6.45, 7) is 8.03. The van der Waals surface area contributed by atoms with Crippen molar-refractivity contribution in [2.45, 2.75) is 51.5 Å². The molecule has 0 bridgehead atoms. The molecule has 1 heterocycles. The minimum absolute atomic E-state index is 0.141. The number of nitrogens with two attached hydrogens (primary N) is 1. The Morgan fingerprint density at radius 1 is 1.22 bits per heavy atom. The molecule has 0 aromatic rings. The minimum atomic E-state index is -0.336. The lowest BCUT2D eigenvalue weighted by Gasteiger charge is -2.34. The molecular weight excluding hydrogens is 224 g/mol. The molecule has 1 saturated carbocycles. The van der Waals surface area contributed by atoms with Crippen LogP contribution in [0.1, 0.15) is 46.0 Å². The second kappa shape index (κ2) is 5.89. The first-order valence-corrected chi connectivity index (χ1v) is 7.67. The predicted octanol–water partition coefficient (Wildman–Crippen LogP) is 1.84. The maximum absolute atomic E-state index is 9.59. The van der Waals surface area contributed by atoms with Crippen LogP contribution in [0.5, 0.6) is 0 Å². The Morgan fingerprint density at radius 2 is 1.94 bits per heavy atom. The Morgan fingerprint density at radius 3 is 2.50 bits per heavy atom. The topological polar surface area (TPSA) is 49.5 Å². The van der Waals surface area contributed by atoms with Crippen LogP contribution in [-0.4, -0.2) is 41.8 Å². The Hall–Kier alpha value is -0.120. The largest absolute Gasteiger partial charge is 0.394 e. The van der Waals surface area contributed by atoms with Crippen LogP contribution in [0.4, 0.5) is 0 Å². The van der Waals surface area contributed by atoms with Crippen LogP contribution in [0.15, 0.2) is 0 Å². The molecule has 2 atom stereocenters. The zero-order valence-electron chi connectivity index (χ0n) is 12.1.